The van der Waals surface area contributed by atoms with Gasteiger partial charge in [0, 0.05) is 12.5 Å². The maximum Gasteiger partial charge on any atom is 0.217 e. The van der Waals surface area contributed by atoms with Crippen LogP contribution in [0.5, 0.6) is 0 Å². The van der Waals surface area contributed by atoms with Crippen molar-refractivity contribution in [2.24, 2.45) is 0 Å². The molecule has 4 rings (SSSR count). The number of amides is 1. The van der Waals surface area contributed by atoms with Crippen LogP contribution in [0.1, 0.15) is 24.3 Å². The normalized spacial score (nSPS) is 31.7. The van der Waals surface area contributed by atoms with Gasteiger partial charge in [0.2, 0.25) is 5.91 Å². The van der Waals surface area contributed by atoms with Crippen LogP contribution in [-0.4, -0.2) is 48.3 Å². The van der Waals surface area contributed by atoms with E-state index in [1.165, 1.54) is 6.92 Å². The molecule has 7 heteroatoms. The van der Waals surface area contributed by atoms with Gasteiger partial charge in [-0.25, -0.2) is 0 Å². The molecule has 6 atom stereocenters. The lowest BCUT2D eigenvalue weighted by molar-refractivity contribution is -0.345. The predicted molar refractivity (Wildman–Crippen MR) is 104 cm³/mol. The lowest BCUT2D eigenvalue weighted by Crippen LogP contribution is -2.66. The molecule has 0 saturated carbocycles. The molecule has 2 aliphatic rings. The second-order valence-electron chi connectivity index (χ2n) is 7.23. The first-order valence-electron chi connectivity index (χ1n) is 9.70. The van der Waals surface area contributed by atoms with Crippen LogP contribution in [0.3, 0.4) is 0 Å². The van der Waals surface area contributed by atoms with Crippen LogP contribution in [-0.2, 0) is 30.3 Å². The summed E-state index contributed by atoms with van der Waals surface area (Å²) in [6.45, 7) is 1.93. The summed E-state index contributed by atoms with van der Waals surface area (Å²) in [6, 6.07) is 18.4. The average molecular weight is 399 g/mol. The molecular weight excluding hydrogens is 374 g/mol. The molecule has 2 aromatic rings. The molecule has 2 aliphatic heterocycles. The standard InChI is InChI=1S/C22H25NO6/c1-14(24)23-18-19(25)20-17(13-27-21(29-20)16-10-6-3-7-11-16)28-22(18)26-12-15-8-4-2-5-9-15/h2-11,17-22,25H,12-13H2,1H3,(H,23,24)/t17-,18-,19+,20-,21+,22+/m1/s1. The quantitative estimate of drug-likeness (QED) is 0.799. The number of nitrogens with one attached hydrogen (secondary N) is 1. The Morgan fingerprint density at radius 1 is 1.10 bits per heavy atom. The van der Waals surface area contributed by atoms with Gasteiger partial charge in [0.15, 0.2) is 12.6 Å². The molecule has 0 spiro atoms. The summed E-state index contributed by atoms with van der Waals surface area (Å²) in [5.74, 6) is -0.281. The summed E-state index contributed by atoms with van der Waals surface area (Å²) >= 11 is 0. The first-order chi connectivity index (χ1) is 14.1. The lowest BCUT2D eigenvalue weighted by Gasteiger charge is -2.47. The van der Waals surface area contributed by atoms with E-state index in [9.17, 15) is 9.90 Å². The van der Waals surface area contributed by atoms with Crippen molar-refractivity contribution >= 4 is 5.91 Å². The summed E-state index contributed by atoms with van der Waals surface area (Å²) in [5, 5.41) is 13.7. The van der Waals surface area contributed by atoms with Gasteiger partial charge in [0.25, 0.3) is 0 Å². The van der Waals surface area contributed by atoms with E-state index in [0.29, 0.717) is 6.61 Å². The monoisotopic (exact) mass is 399 g/mol. The Balaban J connectivity index is 1.48. The van der Waals surface area contributed by atoms with Crippen LogP contribution in [0.15, 0.2) is 60.7 Å². The van der Waals surface area contributed by atoms with E-state index < -0.39 is 36.9 Å². The van der Waals surface area contributed by atoms with E-state index in [-0.39, 0.29) is 12.5 Å². The Hall–Kier alpha value is -2.29. The molecule has 1 amide bonds. The fourth-order valence-electron chi connectivity index (χ4n) is 3.65. The van der Waals surface area contributed by atoms with Crippen molar-refractivity contribution in [1.82, 2.24) is 5.32 Å². The van der Waals surface area contributed by atoms with Gasteiger partial charge < -0.3 is 29.4 Å². The third-order valence-corrected chi connectivity index (χ3v) is 5.06. The molecule has 29 heavy (non-hydrogen) atoms. The Kier molecular flexibility index (Phi) is 6.22. The average Bonchev–Trinajstić information content (AvgIpc) is 2.75. The minimum absolute atomic E-state index is 0.249. The lowest BCUT2D eigenvalue weighted by atomic mass is 9.95. The Bertz CT molecular complexity index is 801. The van der Waals surface area contributed by atoms with Crippen molar-refractivity contribution < 1.29 is 28.8 Å². The summed E-state index contributed by atoms with van der Waals surface area (Å²) in [5.41, 5.74) is 1.83. The van der Waals surface area contributed by atoms with E-state index in [1.54, 1.807) is 0 Å². The number of benzene rings is 2. The largest absolute Gasteiger partial charge is 0.388 e. The summed E-state index contributed by atoms with van der Waals surface area (Å²) < 4.78 is 23.8. The summed E-state index contributed by atoms with van der Waals surface area (Å²) in [7, 11) is 0. The highest BCUT2D eigenvalue weighted by atomic mass is 16.7. The first-order valence-corrected chi connectivity index (χ1v) is 9.70. The highest BCUT2D eigenvalue weighted by Crippen LogP contribution is 2.34. The number of aliphatic hydroxyl groups is 1. The van der Waals surface area contributed by atoms with E-state index in [4.69, 9.17) is 18.9 Å². The molecule has 154 valence electrons. The van der Waals surface area contributed by atoms with Gasteiger partial charge >= 0.3 is 0 Å². The Labute approximate surface area is 169 Å². The molecule has 2 saturated heterocycles. The molecule has 2 heterocycles. The van der Waals surface area contributed by atoms with Crippen molar-refractivity contribution in [3.05, 3.63) is 71.8 Å². The van der Waals surface area contributed by atoms with Crippen LogP contribution in [0.2, 0.25) is 0 Å². The maximum absolute atomic E-state index is 11.7. The van der Waals surface area contributed by atoms with E-state index in [2.05, 4.69) is 5.32 Å². The number of carbonyl (C=O) groups is 1. The minimum Gasteiger partial charge on any atom is -0.388 e. The molecule has 0 aromatic heterocycles. The summed E-state index contributed by atoms with van der Waals surface area (Å²) in [6.07, 6.45) is -3.59. The maximum atomic E-state index is 11.7. The van der Waals surface area contributed by atoms with Crippen molar-refractivity contribution in [1.29, 1.82) is 0 Å². The second kappa shape index (κ2) is 9.02. The highest BCUT2D eigenvalue weighted by Gasteiger charge is 2.50. The number of hydrogen-bond acceptors (Lipinski definition) is 6. The van der Waals surface area contributed by atoms with Crippen molar-refractivity contribution in [3.8, 4) is 0 Å². The van der Waals surface area contributed by atoms with E-state index in [0.717, 1.165) is 11.1 Å². The zero-order valence-corrected chi connectivity index (χ0v) is 16.1. The van der Waals surface area contributed by atoms with Crippen LogP contribution in [0.25, 0.3) is 0 Å². The van der Waals surface area contributed by atoms with Crippen LogP contribution >= 0.6 is 0 Å². The smallest absolute Gasteiger partial charge is 0.217 e. The van der Waals surface area contributed by atoms with Crippen LogP contribution in [0, 0.1) is 0 Å². The molecule has 0 unspecified atom stereocenters. The number of fused-ring (bicyclic) bond motifs is 1. The Morgan fingerprint density at radius 3 is 2.48 bits per heavy atom. The van der Waals surface area contributed by atoms with Crippen molar-refractivity contribution in [3.63, 3.8) is 0 Å². The third-order valence-electron chi connectivity index (χ3n) is 5.06. The molecular formula is C22H25NO6. The van der Waals surface area contributed by atoms with Gasteiger partial charge in [-0.05, 0) is 5.56 Å². The molecule has 0 radical (unpaired) electrons. The van der Waals surface area contributed by atoms with Gasteiger partial charge in [-0.1, -0.05) is 60.7 Å². The third kappa shape index (κ3) is 4.66. The molecule has 7 nitrogen and oxygen atoms in total. The zero-order valence-electron chi connectivity index (χ0n) is 16.1. The first kappa shape index (κ1) is 20.0. The second-order valence-corrected chi connectivity index (χ2v) is 7.23. The molecule has 2 fully saturated rings. The summed E-state index contributed by atoms with van der Waals surface area (Å²) in [4.78, 5) is 11.7. The fourth-order valence-corrected chi connectivity index (χ4v) is 3.65. The number of carbonyl (C=O) groups excluding carboxylic acids is 1. The van der Waals surface area contributed by atoms with Gasteiger partial charge in [-0.15, -0.1) is 0 Å². The van der Waals surface area contributed by atoms with Crippen LogP contribution < -0.4 is 5.32 Å². The minimum atomic E-state index is -1.01. The number of rotatable bonds is 5. The van der Waals surface area contributed by atoms with Crippen molar-refractivity contribution in [2.75, 3.05) is 6.61 Å². The van der Waals surface area contributed by atoms with Gasteiger partial charge in [-0.2, -0.15) is 0 Å². The fraction of sp³-hybridized carbons (Fsp3) is 0.409. The van der Waals surface area contributed by atoms with Gasteiger partial charge in [0.1, 0.15) is 24.4 Å². The topological polar surface area (TPSA) is 86.3 Å². The molecule has 2 N–H and O–H groups in total. The molecule has 0 aliphatic carbocycles. The van der Waals surface area contributed by atoms with Crippen LogP contribution in [0.4, 0.5) is 0 Å². The Morgan fingerprint density at radius 2 is 1.79 bits per heavy atom. The van der Waals surface area contributed by atoms with E-state index >= 15 is 0 Å². The zero-order chi connectivity index (χ0) is 20.2. The molecule has 0 bridgehead atoms. The van der Waals surface area contributed by atoms with E-state index in [1.807, 2.05) is 60.7 Å². The number of ether oxygens (including phenoxy) is 4. The van der Waals surface area contributed by atoms with Gasteiger partial charge in [-0.3, -0.25) is 4.79 Å². The predicted octanol–water partition coefficient (Wildman–Crippen LogP) is 1.91. The molecule has 2 aromatic carbocycles. The number of hydrogen-bond donors (Lipinski definition) is 2. The van der Waals surface area contributed by atoms with Gasteiger partial charge in [0.05, 0.1) is 13.2 Å². The SMILES string of the molecule is CC(=O)N[C@H]1[C@@H](OCc2ccccc2)O[C@@H]2CO[C@H](c3ccccc3)O[C@H]2[C@H]1O. The number of aliphatic hydroxyl groups excluding tert-OH is 1. The van der Waals surface area contributed by atoms with Crippen molar-refractivity contribution in [2.45, 2.75) is 50.5 Å². The highest BCUT2D eigenvalue weighted by molar-refractivity contribution is 5.73.